The first-order chi connectivity index (χ1) is 15.1. The number of hydrogen-bond acceptors (Lipinski definition) is 8. The highest BCUT2D eigenvalue weighted by atomic mass is 16.6. The van der Waals surface area contributed by atoms with Gasteiger partial charge in [0.2, 0.25) is 0 Å². The fourth-order valence-corrected chi connectivity index (χ4v) is 3.02. The normalized spacial score (nSPS) is 13.3. The second kappa shape index (κ2) is 9.33. The van der Waals surface area contributed by atoms with E-state index in [0.29, 0.717) is 17.9 Å². The molecule has 2 aromatic rings. The predicted octanol–water partition coefficient (Wildman–Crippen LogP) is 1.69. The number of hydrazine groups is 1. The zero-order valence-electron chi connectivity index (χ0n) is 17.4. The van der Waals surface area contributed by atoms with Crippen molar-refractivity contribution in [1.82, 2.24) is 10.9 Å². The van der Waals surface area contributed by atoms with E-state index in [2.05, 4.69) is 10.9 Å². The summed E-state index contributed by atoms with van der Waals surface area (Å²) < 4.78 is 16.1. The van der Waals surface area contributed by atoms with E-state index in [4.69, 9.17) is 14.2 Å². The van der Waals surface area contributed by atoms with Gasteiger partial charge in [-0.3, -0.25) is 30.6 Å². The Labute approximate surface area is 182 Å². The Kier molecular flexibility index (Phi) is 6.57. The van der Waals surface area contributed by atoms with Crippen molar-refractivity contribution in [2.75, 3.05) is 13.2 Å². The maximum Gasteiger partial charge on any atom is 0.344 e. The molecule has 0 fully saturated rings. The summed E-state index contributed by atoms with van der Waals surface area (Å²) in [5, 5.41) is 10.8. The number of esters is 1. The number of rotatable bonds is 7. The number of nitrogens with zero attached hydrogens (tertiary/aromatic N) is 1. The van der Waals surface area contributed by atoms with Crippen molar-refractivity contribution in [2.24, 2.45) is 0 Å². The van der Waals surface area contributed by atoms with Crippen LogP contribution in [0, 0.1) is 10.1 Å². The molecule has 0 atom stereocenters. The summed E-state index contributed by atoms with van der Waals surface area (Å²) >= 11 is 0. The third-order valence-corrected chi connectivity index (χ3v) is 4.40. The van der Waals surface area contributed by atoms with Gasteiger partial charge in [0.25, 0.3) is 17.5 Å². The summed E-state index contributed by atoms with van der Waals surface area (Å²) in [6.45, 7) is 2.80. The van der Waals surface area contributed by atoms with E-state index in [-0.39, 0.29) is 16.9 Å². The largest absolute Gasteiger partial charge is 0.483 e. The molecular formula is C21H21N3O8. The predicted molar refractivity (Wildman–Crippen MR) is 110 cm³/mol. The number of benzene rings is 2. The first kappa shape index (κ1) is 22.5. The maximum absolute atomic E-state index is 12.0. The lowest BCUT2D eigenvalue weighted by Gasteiger charge is -2.18. The van der Waals surface area contributed by atoms with Gasteiger partial charge in [0.05, 0.1) is 4.92 Å². The topological polar surface area (TPSA) is 146 Å². The van der Waals surface area contributed by atoms with Crippen molar-refractivity contribution >= 4 is 23.5 Å². The highest BCUT2D eigenvalue weighted by molar-refractivity contribution is 5.96. The van der Waals surface area contributed by atoms with Crippen LogP contribution in [-0.4, -0.2) is 41.5 Å². The highest BCUT2D eigenvalue weighted by Gasteiger charge is 2.32. The van der Waals surface area contributed by atoms with E-state index in [1.54, 1.807) is 12.1 Å². The van der Waals surface area contributed by atoms with Gasteiger partial charge in [0.15, 0.2) is 24.7 Å². The average Bonchev–Trinajstić information content (AvgIpc) is 3.08. The molecule has 3 rings (SSSR count). The van der Waals surface area contributed by atoms with Gasteiger partial charge in [-0.2, -0.15) is 0 Å². The Morgan fingerprint density at radius 1 is 1.12 bits per heavy atom. The number of carbonyl (C=O) groups excluding carboxylic acids is 3. The van der Waals surface area contributed by atoms with Gasteiger partial charge in [0.1, 0.15) is 5.60 Å². The summed E-state index contributed by atoms with van der Waals surface area (Å²) in [4.78, 5) is 45.8. The van der Waals surface area contributed by atoms with Gasteiger partial charge >= 0.3 is 5.97 Å². The Bertz CT molecular complexity index is 1070. The Morgan fingerprint density at radius 2 is 1.88 bits per heavy atom. The Morgan fingerprint density at radius 3 is 2.62 bits per heavy atom. The quantitative estimate of drug-likeness (QED) is 0.373. The van der Waals surface area contributed by atoms with Gasteiger partial charge in [-0.1, -0.05) is 18.2 Å². The third kappa shape index (κ3) is 5.72. The van der Waals surface area contributed by atoms with Crippen molar-refractivity contribution in [3.8, 4) is 11.5 Å². The molecule has 2 N–H and O–H groups in total. The van der Waals surface area contributed by atoms with Crippen molar-refractivity contribution in [3.05, 3.63) is 63.7 Å². The number of nitrogens with one attached hydrogen (secondary N) is 2. The van der Waals surface area contributed by atoms with Gasteiger partial charge < -0.3 is 14.2 Å². The number of para-hydroxylation sites is 1. The van der Waals surface area contributed by atoms with Crippen molar-refractivity contribution in [3.63, 3.8) is 0 Å². The zero-order chi connectivity index (χ0) is 23.3. The molecule has 1 aliphatic rings. The van der Waals surface area contributed by atoms with Crippen LogP contribution in [-0.2, 0) is 20.7 Å². The first-order valence-corrected chi connectivity index (χ1v) is 9.57. The molecule has 0 aromatic heterocycles. The standard InChI is InChI=1S/C21H21N3O8/c1-21(2)10-14-6-4-8-16(19(14)32-21)30-12-18(26)31-11-17(25)22-23-20(27)13-5-3-7-15(9-13)24(28)29/h3-9H,10-12H2,1-2H3,(H,22,25)(H,23,27). The fourth-order valence-electron chi connectivity index (χ4n) is 3.02. The SMILES string of the molecule is CC1(C)Cc2cccc(OCC(=O)OCC(=O)NNC(=O)c3cccc([N+](=O)[O-])c3)c2O1. The molecule has 0 unspecified atom stereocenters. The highest BCUT2D eigenvalue weighted by Crippen LogP contribution is 2.41. The first-order valence-electron chi connectivity index (χ1n) is 9.57. The molecule has 0 bridgehead atoms. The molecule has 0 aliphatic carbocycles. The van der Waals surface area contributed by atoms with Gasteiger partial charge in [-0.05, 0) is 26.0 Å². The van der Waals surface area contributed by atoms with Crippen LogP contribution in [0.15, 0.2) is 42.5 Å². The van der Waals surface area contributed by atoms with E-state index in [0.717, 1.165) is 11.6 Å². The maximum atomic E-state index is 12.0. The van der Waals surface area contributed by atoms with Crippen LogP contribution < -0.4 is 20.3 Å². The molecule has 1 heterocycles. The van der Waals surface area contributed by atoms with Crippen LogP contribution in [0.25, 0.3) is 0 Å². The number of nitro benzene ring substituents is 1. The number of carbonyl (C=O) groups is 3. The molecule has 0 radical (unpaired) electrons. The number of ether oxygens (including phenoxy) is 3. The van der Waals surface area contributed by atoms with E-state index < -0.39 is 35.9 Å². The smallest absolute Gasteiger partial charge is 0.344 e. The molecule has 11 nitrogen and oxygen atoms in total. The molecular weight excluding hydrogens is 422 g/mol. The zero-order valence-corrected chi connectivity index (χ0v) is 17.4. The summed E-state index contributed by atoms with van der Waals surface area (Å²) in [5.41, 5.74) is 4.45. The molecule has 2 amide bonds. The van der Waals surface area contributed by atoms with Crippen LogP contribution >= 0.6 is 0 Å². The van der Waals surface area contributed by atoms with Gasteiger partial charge in [-0.25, -0.2) is 4.79 Å². The lowest BCUT2D eigenvalue weighted by atomic mass is 10.0. The average molecular weight is 443 g/mol. The number of hydrogen-bond donors (Lipinski definition) is 2. The Hall–Kier alpha value is -4.15. The van der Waals surface area contributed by atoms with Gasteiger partial charge in [0, 0.05) is 29.7 Å². The van der Waals surface area contributed by atoms with E-state index in [1.807, 2.05) is 19.9 Å². The van der Waals surface area contributed by atoms with Crippen LogP contribution in [0.3, 0.4) is 0 Å². The minimum Gasteiger partial charge on any atom is -0.483 e. The van der Waals surface area contributed by atoms with Crippen molar-refractivity contribution < 1.29 is 33.5 Å². The molecule has 0 saturated heterocycles. The summed E-state index contributed by atoms with van der Waals surface area (Å²) in [6.07, 6.45) is 0.714. The number of fused-ring (bicyclic) bond motifs is 1. The third-order valence-electron chi connectivity index (χ3n) is 4.40. The summed E-state index contributed by atoms with van der Waals surface area (Å²) in [6, 6.07) is 10.4. The van der Waals surface area contributed by atoms with Gasteiger partial charge in [-0.15, -0.1) is 0 Å². The Balaban J connectivity index is 1.42. The number of amides is 2. The molecule has 2 aromatic carbocycles. The molecule has 0 saturated carbocycles. The fraction of sp³-hybridized carbons (Fsp3) is 0.286. The number of non-ortho nitro benzene ring substituents is 1. The molecule has 1 aliphatic heterocycles. The molecule has 0 spiro atoms. The van der Waals surface area contributed by atoms with E-state index >= 15 is 0 Å². The minimum atomic E-state index is -0.803. The molecule has 11 heteroatoms. The molecule has 32 heavy (non-hydrogen) atoms. The van der Waals surface area contributed by atoms with E-state index in [9.17, 15) is 24.5 Å². The lowest BCUT2D eigenvalue weighted by Crippen LogP contribution is -2.43. The van der Waals surface area contributed by atoms with Crippen LogP contribution in [0.4, 0.5) is 5.69 Å². The van der Waals surface area contributed by atoms with Crippen molar-refractivity contribution in [2.45, 2.75) is 25.9 Å². The molecule has 168 valence electrons. The summed E-state index contributed by atoms with van der Waals surface area (Å²) in [5.74, 6) is -1.38. The monoisotopic (exact) mass is 443 g/mol. The lowest BCUT2D eigenvalue weighted by molar-refractivity contribution is -0.384. The minimum absolute atomic E-state index is 0.0225. The number of nitro groups is 1. The van der Waals surface area contributed by atoms with E-state index in [1.165, 1.54) is 18.2 Å². The second-order valence-corrected chi connectivity index (χ2v) is 7.54. The second-order valence-electron chi connectivity index (χ2n) is 7.54. The van der Waals surface area contributed by atoms with Crippen molar-refractivity contribution in [1.29, 1.82) is 0 Å². The summed E-state index contributed by atoms with van der Waals surface area (Å²) in [7, 11) is 0. The van der Waals surface area contributed by atoms with Crippen LogP contribution in [0.5, 0.6) is 11.5 Å². The van der Waals surface area contributed by atoms with Crippen LogP contribution in [0.2, 0.25) is 0 Å². The van der Waals surface area contributed by atoms with Crippen LogP contribution in [0.1, 0.15) is 29.8 Å².